The molecule has 0 bridgehead atoms. The molecule has 4 nitrogen and oxygen atoms in total. The summed E-state index contributed by atoms with van der Waals surface area (Å²) >= 11 is 0. The van der Waals surface area contributed by atoms with E-state index in [9.17, 15) is 18.3 Å². The Morgan fingerprint density at radius 2 is 1.72 bits per heavy atom. The van der Waals surface area contributed by atoms with E-state index < -0.39 is 18.2 Å². The minimum absolute atomic E-state index is 0.328. The second-order valence-electron chi connectivity index (χ2n) is 3.38. The maximum Gasteiger partial charge on any atom is 0.490 e. The van der Waals surface area contributed by atoms with E-state index in [-0.39, 0.29) is 0 Å². The second-order valence-corrected chi connectivity index (χ2v) is 3.38. The fraction of sp³-hybridized carbons (Fsp3) is 0.364. The lowest BCUT2D eigenvalue weighted by Gasteiger charge is -2.06. The van der Waals surface area contributed by atoms with Crippen molar-refractivity contribution in [3.8, 4) is 0 Å². The third-order valence-electron chi connectivity index (χ3n) is 1.83. The number of carboxylic acid groups (broad SMARTS) is 1. The van der Waals surface area contributed by atoms with Crippen LogP contribution in [0.3, 0.4) is 0 Å². The number of carboxylic acids is 1. The van der Waals surface area contributed by atoms with Crippen molar-refractivity contribution >= 4 is 5.97 Å². The molecule has 1 aromatic carbocycles. The van der Waals surface area contributed by atoms with Crippen LogP contribution < -0.4 is 5.73 Å². The van der Waals surface area contributed by atoms with E-state index >= 15 is 0 Å². The number of nitrogens with two attached hydrogens (primary N) is 1. The maximum atomic E-state index is 10.6. The van der Waals surface area contributed by atoms with Gasteiger partial charge in [0.25, 0.3) is 0 Å². The summed E-state index contributed by atoms with van der Waals surface area (Å²) in [6.45, 7) is 0.328. The van der Waals surface area contributed by atoms with Gasteiger partial charge in [0.2, 0.25) is 0 Å². The van der Waals surface area contributed by atoms with E-state index in [0.29, 0.717) is 13.0 Å². The lowest BCUT2D eigenvalue weighted by atomic mass is 10.1. The number of aliphatic hydroxyl groups is 1. The summed E-state index contributed by atoms with van der Waals surface area (Å²) in [5.41, 5.74) is 6.40. The highest BCUT2D eigenvalue weighted by Gasteiger charge is 2.38. The van der Waals surface area contributed by atoms with Gasteiger partial charge in [-0.15, -0.1) is 0 Å². The molecule has 0 spiro atoms. The van der Waals surface area contributed by atoms with Crippen LogP contribution in [0.25, 0.3) is 0 Å². The van der Waals surface area contributed by atoms with E-state index in [1.165, 1.54) is 0 Å². The van der Waals surface area contributed by atoms with Gasteiger partial charge in [-0.2, -0.15) is 13.2 Å². The number of hydrogen-bond donors (Lipinski definition) is 3. The van der Waals surface area contributed by atoms with Gasteiger partial charge in [0.05, 0.1) is 6.10 Å². The molecule has 4 N–H and O–H groups in total. The number of hydrogen-bond acceptors (Lipinski definition) is 3. The highest BCUT2D eigenvalue weighted by Crippen LogP contribution is 2.13. The fourth-order valence-electron chi connectivity index (χ4n) is 0.970. The molecule has 0 aliphatic carbocycles. The number of rotatable bonds is 3. The van der Waals surface area contributed by atoms with Gasteiger partial charge < -0.3 is 15.9 Å². The molecule has 0 radical (unpaired) electrons. The standard InChI is InChI=1S/C9H13NO.C2HF3O2/c10-7-9(11)6-8-4-2-1-3-5-8;3-2(4,5)1(6)7/h1-5,9,11H,6-7,10H2;(H,6,7)/t9-;/m1./s1. The summed E-state index contributed by atoms with van der Waals surface area (Å²) in [7, 11) is 0. The summed E-state index contributed by atoms with van der Waals surface area (Å²) in [6.07, 6.45) is -4.84. The van der Waals surface area contributed by atoms with E-state index in [4.69, 9.17) is 15.6 Å². The van der Waals surface area contributed by atoms with Gasteiger partial charge >= 0.3 is 12.1 Å². The van der Waals surface area contributed by atoms with Gasteiger partial charge in [0, 0.05) is 6.54 Å². The zero-order chi connectivity index (χ0) is 14.2. The smallest absolute Gasteiger partial charge is 0.475 e. The summed E-state index contributed by atoms with van der Waals surface area (Å²) < 4.78 is 31.7. The van der Waals surface area contributed by atoms with E-state index in [1.807, 2.05) is 30.3 Å². The predicted octanol–water partition coefficient (Wildman–Crippen LogP) is 1.18. The zero-order valence-corrected chi connectivity index (χ0v) is 9.39. The molecule has 0 saturated heterocycles. The molecule has 0 amide bonds. The van der Waals surface area contributed by atoms with Crippen LogP contribution in [0.5, 0.6) is 0 Å². The maximum absolute atomic E-state index is 10.6. The third kappa shape index (κ3) is 7.64. The Balaban J connectivity index is 0.000000360. The molecule has 0 aliphatic rings. The molecular formula is C11H14F3NO3. The van der Waals surface area contributed by atoms with Gasteiger partial charge in [0.1, 0.15) is 0 Å². The first-order chi connectivity index (χ1) is 8.27. The normalized spacial score (nSPS) is 12.3. The van der Waals surface area contributed by atoms with Crippen molar-refractivity contribution in [3.63, 3.8) is 0 Å². The van der Waals surface area contributed by atoms with Crippen molar-refractivity contribution in [3.05, 3.63) is 35.9 Å². The van der Waals surface area contributed by atoms with E-state index in [0.717, 1.165) is 5.56 Å². The van der Waals surface area contributed by atoms with Gasteiger partial charge in [-0.1, -0.05) is 30.3 Å². The van der Waals surface area contributed by atoms with Gasteiger partial charge in [-0.3, -0.25) is 0 Å². The monoisotopic (exact) mass is 265 g/mol. The SMILES string of the molecule is NC[C@H](O)Cc1ccccc1.O=C(O)C(F)(F)F. The van der Waals surface area contributed by atoms with Crippen molar-refractivity contribution in [2.24, 2.45) is 5.73 Å². The van der Waals surface area contributed by atoms with Crippen molar-refractivity contribution < 1.29 is 28.2 Å². The predicted molar refractivity (Wildman–Crippen MR) is 58.9 cm³/mol. The van der Waals surface area contributed by atoms with Crippen LogP contribution in [0.4, 0.5) is 13.2 Å². The highest BCUT2D eigenvalue weighted by molar-refractivity contribution is 5.73. The summed E-state index contributed by atoms with van der Waals surface area (Å²) in [5.74, 6) is -2.76. The Hall–Kier alpha value is -1.60. The second kappa shape index (κ2) is 7.67. The molecule has 0 heterocycles. The first-order valence-electron chi connectivity index (χ1n) is 4.99. The molecule has 0 aliphatic heterocycles. The molecule has 0 fully saturated rings. The minimum Gasteiger partial charge on any atom is -0.475 e. The number of carbonyl (C=O) groups is 1. The first-order valence-corrected chi connectivity index (χ1v) is 4.99. The molecule has 1 rings (SSSR count). The number of halogens is 3. The quantitative estimate of drug-likeness (QED) is 0.766. The van der Waals surface area contributed by atoms with Crippen LogP contribution in [-0.2, 0) is 11.2 Å². The number of alkyl halides is 3. The van der Waals surface area contributed by atoms with Crippen LogP contribution in [0.15, 0.2) is 30.3 Å². The van der Waals surface area contributed by atoms with Crippen molar-refractivity contribution in [1.29, 1.82) is 0 Å². The Labute approximate surface area is 102 Å². The summed E-state index contributed by atoms with van der Waals surface area (Å²) in [6, 6.07) is 9.84. The van der Waals surface area contributed by atoms with Crippen LogP contribution in [0.1, 0.15) is 5.56 Å². The largest absolute Gasteiger partial charge is 0.490 e. The number of aliphatic hydroxyl groups excluding tert-OH is 1. The molecule has 7 heteroatoms. The van der Waals surface area contributed by atoms with Crippen molar-refractivity contribution in [2.45, 2.75) is 18.7 Å². The molecule has 1 aromatic rings. The van der Waals surface area contributed by atoms with Crippen LogP contribution in [-0.4, -0.2) is 35.0 Å². The van der Waals surface area contributed by atoms with E-state index in [1.54, 1.807) is 0 Å². The highest BCUT2D eigenvalue weighted by atomic mass is 19.4. The Kier molecular flexibility index (Phi) is 6.99. The summed E-state index contributed by atoms with van der Waals surface area (Å²) in [5, 5.41) is 16.3. The topological polar surface area (TPSA) is 83.5 Å². The molecule has 0 saturated carbocycles. The van der Waals surface area contributed by atoms with Crippen molar-refractivity contribution in [2.75, 3.05) is 6.54 Å². The molecular weight excluding hydrogens is 251 g/mol. The Morgan fingerprint density at radius 3 is 2.06 bits per heavy atom. The Bertz CT molecular complexity index is 354. The van der Waals surface area contributed by atoms with Gasteiger partial charge in [-0.05, 0) is 12.0 Å². The molecule has 102 valence electrons. The molecule has 0 aromatic heterocycles. The minimum atomic E-state index is -5.08. The van der Waals surface area contributed by atoms with Crippen LogP contribution >= 0.6 is 0 Å². The molecule has 18 heavy (non-hydrogen) atoms. The summed E-state index contributed by atoms with van der Waals surface area (Å²) in [4.78, 5) is 8.90. The van der Waals surface area contributed by atoms with Crippen LogP contribution in [0, 0.1) is 0 Å². The number of benzene rings is 1. The third-order valence-corrected chi connectivity index (χ3v) is 1.83. The lowest BCUT2D eigenvalue weighted by Crippen LogP contribution is -2.21. The van der Waals surface area contributed by atoms with E-state index in [2.05, 4.69) is 0 Å². The van der Waals surface area contributed by atoms with Gasteiger partial charge in [-0.25, -0.2) is 4.79 Å². The lowest BCUT2D eigenvalue weighted by molar-refractivity contribution is -0.192. The zero-order valence-electron chi connectivity index (χ0n) is 9.39. The average molecular weight is 265 g/mol. The average Bonchev–Trinajstić information content (AvgIpc) is 2.29. The number of aliphatic carboxylic acids is 1. The molecule has 1 atom stereocenters. The van der Waals surface area contributed by atoms with Crippen LogP contribution in [0.2, 0.25) is 0 Å². The molecule has 0 unspecified atom stereocenters. The van der Waals surface area contributed by atoms with Crippen molar-refractivity contribution in [1.82, 2.24) is 0 Å². The fourth-order valence-corrected chi connectivity index (χ4v) is 0.970. The first kappa shape index (κ1) is 16.4. The Morgan fingerprint density at radius 1 is 1.28 bits per heavy atom. The van der Waals surface area contributed by atoms with Gasteiger partial charge in [0.15, 0.2) is 0 Å².